The Morgan fingerprint density at radius 3 is 1.03 bits per heavy atom. The lowest BCUT2D eigenvalue weighted by molar-refractivity contribution is -0.660. The van der Waals surface area contributed by atoms with Crippen LogP contribution in [-0.2, 0) is 21.1 Å². The van der Waals surface area contributed by atoms with Gasteiger partial charge in [0.15, 0.2) is 35.3 Å². The fraction of sp³-hybridized carbons (Fsp3) is 0.152. The molecule has 25 rings (SSSR count). The predicted octanol–water partition coefficient (Wildman–Crippen LogP) is 33.3. The van der Waals surface area contributed by atoms with E-state index in [0.717, 1.165) is 116 Å². The number of aromatic nitrogens is 8. The van der Waals surface area contributed by atoms with Crippen LogP contribution in [0.25, 0.3) is 222 Å². The van der Waals surface area contributed by atoms with Gasteiger partial charge in [-0.3, -0.25) is 0 Å². The van der Waals surface area contributed by atoms with E-state index in [9.17, 15) is 0 Å². The van der Waals surface area contributed by atoms with E-state index >= 15 is 0 Å². The van der Waals surface area contributed by atoms with Crippen molar-refractivity contribution in [1.29, 1.82) is 0 Å². The highest BCUT2D eigenvalue weighted by molar-refractivity contribution is 6.15. The molecule has 0 spiro atoms. The third-order valence-electron chi connectivity index (χ3n) is 28.2. The molecule has 12 aromatic carbocycles. The number of pyridine rings is 8. The van der Waals surface area contributed by atoms with Crippen molar-refractivity contribution in [1.82, 2.24) is 24.9 Å². The highest BCUT2D eigenvalue weighted by atomic mass is 16.4. The van der Waals surface area contributed by atoms with Crippen molar-refractivity contribution in [3.05, 3.63) is 429 Å². The van der Waals surface area contributed by atoms with Crippen LogP contribution in [0.3, 0.4) is 0 Å². The molecule has 0 amide bonds. The molecule has 0 saturated heterocycles. The predicted molar refractivity (Wildman–Crippen MR) is 596 cm³/mol. The molecule has 13 heterocycles. The molecule has 0 fully saturated rings. The summed E-state index contributed by atoms with van der Waals surface area (Å²) in [6.07, 6.45) is 7.53. The van der Waals surface area contributed by atoms with E-state index in [1.165, 1.54) is 122 Å². The van der Waals surface area contributed by atoms with Gasteiger partial charge in [0.2, 0.25) is 45.6 Å². The average molecular weight is 1900 g/mol. The lowest BCUT2D eigenvalue weighted by atomic mass is 9.88. The summed E-state index contributed by atoms with van der Waals surface area (Å²) in [6, 6.07) is 106. The molecular formula is C132H115N8O5+3. The molecule has 0 saturated carbocycles. The number of benzene rings is 12. The van der Waals surface area contributed by atoms with Crippen LogP contribution >= 0.6 is 0 Å². The summed E-state index contributed by atoms with van der Waals surface area (Å²) in [5, 5.41) is 9.95. The van der Waals surface area contributed by atoms with Gasteiger partial charge in [0.25, 0.3) is 0 Å². The minimum absolute atomic E-state index is 0.200. The highest BCUT2D eigenvalue weighted by Gasteiger charge is 2.30. The molecule has 0 atom stereocenters. The summed E-state index contributed by atoms with van der Waals surface area (Å²) in [6.45, 7) is 26.8. The molecule has 13 aromatic heterocycles. The Hall–Kier alpha value is -17.2. The van der Waals surface area contributed by atoms with Crippen molar-refractivity contribution in [3.8, 4) is 112 Å². The van der Waals surface area contributed by atoms with E-state index in [1.54, 1.807) is 42.2 Å². The molecule has 0 radical (unpaired) electrons. The number of nitrogens with zero attached hydrogens (tertiary/aromatic N) is 8. The second-order valence-corrected chi connectivity index (χ2v) is 38.6. The van der Waals surface area contributed by atoms with Gasteiger partial charge >= 0.3 is 0 Å². The number of aryl methyl sites for hydroxylation is 20. The molecule has 710 valence electrons. The van der Waals surface area contributed by atoms with Gasteiger partial charge in [-0.25, -0.2) is 38.6 Å². The van der Waals surface area contributed by atoms with Gasteiger partial charge in [0.1, 0.15) is 32.3 Å². The zero-order chi connectivity index (χ0) is 106. The van der Waals surface area contributed by atoms with Crippen molar-refractivity contribution in [2.24, 2.45) is 21.1 Å². The second kappa shape index (κ2) is 38.7. The summed E-state index contributed by atoms with van der Waals surface area (Å²) < 4.78 is 86.3. The normalized spacial score (nSPS) is 12.2. The monoisotopic (exact) mass is 1900 g/mol. The molecule has 13 nitrogen and oxygen atoms in total. The van der Waals surface area contributed by atoms with Gasteiger partial charge < -0.3 is 22.1 Å². The van der Waals surface area contributed by atoms with Crippen LogP contribution in [0, 0.1) is 118 Å². The first-order chi connectivity index (χ1) is 72.6. The van der Waals surface area contributed by atoms with Crippen LogP contribution in [0.2, 0.25) is 0 Å². The minimum atomic E-state index is -2.35. The zero-order valence-electron chi connectivity index (χ0n) is 90.9. The standard InChI is InChI=1S/C28H25NO.C27H23NO.2C26H23N2O.C25H21N2O/c1-16-13-17(2)24(15-23(16)21-9-7-6-8-10-21)26-19(4)14-18(3)25-22-12-11-20(5)29-28(22)30-27(25)26;1-16-10-12-21(20-8-6-5-7-9-20)15-23(16)25-18(3)14-17(2)24-22-13-11-19(4)28-27(22)29-26(24)25;1-16-13-17(2)24(25-23(16)20-11-8-12-27-26(20)29-25)22-14-21(18(3)15-28(22)4)19-9-6-5-7-10-19;1-16-10-12-20-21-13-11-18(3)27-26(21)29-25(20)24(16)23-14-22(17(2)15-28(23)4)19-8-6-5-7-9-19;1-16-9-11-20-21-12-10-17(2)26-25(21)28-24(20)23(16)22-15-19(13-14-27(22)3)18-7-5-4-6-8-18/h6-15H,1-5H3;3*5-15H,1-4H3;4-15H,1-3H3/q;;3*+1/i;;1D3,3D3;;. The summed E-state index contributed by atoms with van der Waals surface area (Å²) >= 11 is 0. The van der Waals surface area contributed by atoms with E-state index in [1.807, 2.05) is 89.2 Å². The molecule has 0 N–H and O–H groups in total. The van der Waals surface area contributed by atoms with Crippen LogP contribution in [0.1, 0.15) is 103 Å². The number of furan rings is 5. The highest BCUT2D eigenvalue weighted by Crippen LogP contribution is 2.48. The van der Waals surface area contributed by atoms with E-state index < -0.39 is 13.7 Å². The van der Waals surface area contributed by atoms with Crippen LogP contribution in [-0.4, -0.2) is 24.9 Å². The average Bonchev–Trinajstić information content (AvgIpc) is 1.61. The van der Waals surface area contributed by atoms with Gasteiger partial charge in [-0.2, -0.15) is 0 Å². The van der Waals surface area contributed by atoms with Crippen molar-refractivity contribution < 1.29 is 44.0 Å². The van der Waals surface area contributed by atoms with Crippen molar-refractivity contribution in [2.75, 3.05) is 0 Å². The number of rotatable bonds is 10. The Morgan fingerprint density at radius 2 is 0.552 bits per heavy atom. The SMILES string of the molecule is Cc1ccc2c(n1)oc1c(-c3cc(-c4ccccc4)c(C)c[n+]3C)c(C)ccc12.Cc1ccc2c(n1)oc1c(-c3cc(-c4ccccc4)c(C)cc3C)c(C)cc(C)c12.Cc1ccc2c(n1)oc1c(-c3cc(-c4ccccc4)cc[n+]3C)c(C)ccc12.Cc1ccc2c(n1)oc1c(-c3cc(-c4ccccc4)ccc3C)c(C)cc(C)c12.[2H]C([2H])([2H])c1c[n+](C)c(-c2c(C)cc(C([2H])([2H])[2H])c3c2oc2ncccc23)cc1-c1ccccc1. The fourth-order valence-electron chi connectivity index (χ4n) is 21.0. The van der Waals surface area contributed by atoms with Gasteiger partial charge in [-0.1, -0.05) is 212 Å². The summed E-state index contributed by atoms with van der Waals surface area (Å²) in [5.41, 5.74) is 46.3. The fourth-order valence-corrected chi connectivity index (χ4v) is 21.0. The van der Waals surface area contributed by atoms with Gasteiger partial charge in [0, 0.05) is 138 Å². The summed E-state index contributed by atoms with van der Waals surface area (Å²) in [7, 11) is 5.96. The van der Waals surface area contributed by atoms with Gasteiger partial charge in [0.05, 0.1) is 16.7 Å². The zero-order valence-corrected chi connectivity index (χ0v) is 84.9. The maximum atomic E-state index is 8.13. The Morgan fingerprint density at radius 1 is 0.214 bits per heavy atom. The first-order valence-electron chi connectivity index (χ1n) is 52.1. The van der Waals surface area contributed by atoms with Crippen molar-refractivity contribution >= 4 is 110 Å². The third-order valence-corrected chi connectivity index (χ3v) is 28.2. The van der Waals surface area contributed by atoms with Crippen molar-refractivity contribution in [2.45, 2.75) is 118 Å². The van der Waals surface area contributed by atoms with Crippen LogP contribution in [0.15, 0.2) is 356 Å². The number of fused-ring (bicyclic) bond motifs is 15. The summed E-state index contributed by atoms with van der Waals surface area (Å²) in [5.74, 6) is 0. The van der Waals surface area contributed by atoms with Gasteiger partial charge in [-0.15, -0.1) is 0 Å². The van der Waals surface area contributed by atoms with E-state index in [0.29, 0.717) is 67.3 Å². The molecule has 0 unspecified atom stereocenters. The van der Waals surface area contributed by atoms with E-state index in [-0.39, 0.29) is 11.1 Å². The largest absolute Gasteiger partial charge is 0.437 e. The lowest BCUT2D eigenvalue weighted by Gasteiger charge is -2.16. The van der Waals surface area contributed by atoms with E-state index in [4.69, 9.17) is 30.3 Å². The Balaban J connectivity index is 0.000000110. The Kier molecular flexibility index (Phi) is 23.2. The van der Waals surface area contributed by atoms with Crippen LogP contribution in [0.4, 0.5) is 0 Å². The van der Waals surface area contributed by atoms with Crippen molar-refractivity contribution in [3.63, 3.8) is 0 Å². The maximum absolute atomic E-state index is 8.13. The summed E-state index contributed by atoms with van der Waals surface area (Å²) in [4.78, 5) is 22.8. The Labute approximate surface area is 853 Å². The molecule has 0 aliphatic carbocycles. The van der Waals surface area contributed by atoms with Crippen LogP contribution < -0.4 is 13.7 Å². The number of hydrogen-bond acceptors (Lipinski definition) is 10. The molecule has 0 bridgehead atoms. The molecule has 145 heavy (non-hydrogen) atoms. The molecular weight excluding hydrogens is 1780 g/mol. The lowest BCUT2D eigenvalue weighted by Crippen LogP contribution is -2.31. The first kappa shape index (κ1) is 86.9. The molecule has 13 heteroatoms. The van der Waals surface area contributed by atoms with Gasteiger partial charge in [-0.05, 0) is 318 Å². The van der Waals surface area contributed by atoms with E-state index in [2.05, 4.69) is 366 Å². The Bertz CT molecular complexity index is 9680. The third kappa shape index (κ3) is 17.7. The topological polar surface area (TPSA) is 142 Å². The van der Waals surface area contributed by atoms with Crippen LogP contribution in [0.5, 0.6) is 0 Å². The number of hydrogen-bond donors (Lipinski definition) is 0. The minimum Gasteiger partial charge on any atom is -0.437 e. The maximum Gasteiger partial charge on any atom is 0.227 e. The smallest absolute Gasteiger partial charge is 0.227 e. The second-order valence-electron chi connectivity index (χ2n) is 38.6. The molecule has 0 aliphatic rings. The first-order valence-corrected chi connectivity index (χ1v) is 49.1. The molecule has 25 aromatic rings. The quantitative estimate of drug-likeness (QED) is 0.121. The molecule has 0 aliphatic heterocycles.